The first-order valence-electron chi connectivity index (χ1n) is 4.89. The molecule has 14 heavy (non-hydrogen) atoms. The van der Waals surface area contributed by atoms with Gasteiger partial charge in [-0.05, 0) is 12.3 Å². The highest BCUT2D eigenvalue weighted by atomic mass is 16.6. The molecule has 0 saturated carbocycles. The van der Waals surface area contributed by atoms with E-state index in [4.69, 9.17) is 15.2 Å². The molecular weight excluding hydrogens is 182 g/mol. The largest absolute Gasteiger partial charge is 0.462 e. The molecule has 0 aromatic rings. The molecule has 4 heteroatoms. The Morgan fingerprint density at radius 1 is 1.36 bits per heavy atom. The summed E-state index contributed by atoms with van der Waals surface area (Å²) in [7, 11) is 0. The highest BCUT2D eigenvalue weighted by Crippen LogP contribution is 2.17. The van der Waals surface area contributed by atoms with Crippen molar-refractivity contribution in [3.05, 3.63) is 0 Å². The molecule has 1 atom stereocenters. The van der Waals surface area contributed by atoms with Crippen molar-refractivity contribution in [2.24, 2.45) is 11.1 Å². The van der Waals surface area contributed by atoms with E-state index in [9.17, 15) is 4.79 Å². The Labute approximate surface area is 85.8 Å². The molecule has 0 heterocycles. The maximum atomic E-state index is 11.4. The van der Waals surface area contributed by atoms with Crippen molar-refractivity contribution in [2.75, 3.05) is 19.8 Å². The van der Waals surface area contributed by atoms with Gasteiger partial charge in [-0.3, -0.25) is 4.79 Å². The van der Waals surface area contributed by atoms with E-state index in [1.165, 1.54) is 0 Å². The van der Waals surface area contributed by atoms with Crippen LogP contribution >= 0.6 is 0 Å². The van der Waals surface area contributed by atoms with E-state index in [0.29, 0.717) is 13.2 Å². The van der Waals surface area contributed by atoms with Crippen molar-refractivity contribution in [2.45, 2.75) is 33.7 Å². The molecule has 0 radical (unpaired) electrons. The number of rotatable bonds is 5. The lowest BCUT2D eigenvalue weighted by molar-refractivity contribution is -0.149. The van der Waals surface area contributed by atoms with Crippen LogP contribution in [0.5, 0.6) is 0 Å². The summed E-state index contributed by atoms with van der Waals surface area (Å²) in [5, 5.41) is 0. The minimum atomic E-state index is -0.580. The SMILES string of the molecule is CCOCCOC(=O)C(N)C(C)(C)C. The molecule has 1 unspecified atom stereocenters. The van der Waals surface area contributed by atoms with Crippen LogP contribution in [0.1, 0.15) is 27.7 Å². The van der Waals surface area contributed by atoms with Gasteiger partial charge in [-0.2, -0.15) is 0 Å². The van der Waals surface area contributed by atoms with E-state index in [1.807, 2.05) is 27.7 Å². The number of hydrogen-bond donors (Lipinski definition) is 1. The number of carbonyl (C=O) groups excluding carboxylic acids is 1. The summed E-state index contributed by atoms with van der Waals surface area (Å²) < 4.78 is 9.97. The van der Waals surface area contributed by atoms with Gasteiger partial charge >= 0.3 is 5.97 Å². The minimum Gasteiger partial charge on any atom is -0.462 e. The lowest BCUT2D eigenvalue weighted by atomic mass is 9.87. The summed E-state index contributed by atoms with van der Waals surface area (Å²) in [6.07, 6.45) is 0. The second-order valence-corrected chi connectivity index (χ2v) is 4.21. The Balaban J connectivity index is 3.74. The highest BCUT2D eigenvalue weighted by Gasteiger charge is 2.28. The monoisotopic (exact) mass is 203 g/mol. The van der Waals surface area contributed by atoms with Crippen molar-refractivity contribution in [1.82, 2.24) is 0 Å². The van der Waals surface area contributed by atoms with Crippen LogP contribution in [0, 0.1) is 5.41 Å². The second-order valence-electron chi connectivity index (χ2n) is 4.21. The molecule has 0 saturated heterocycles. The average Bonchev–Trinajstić information content (AvgIpc) is 2.09. The van der Waals surface area contributed by atoms with Crippen LogP contribution in [0.15, 0.2) is 0 Å². The predicted molar refractivity (Wildman–Crippen MR) is 54.9 cm³/mol. The highest BCUT2D eigenvalue weighted by molar-refractivity contribution is 5.76. The van der Waals surface area contributed by atoms with Crippen molar-refractivity contribution in [3.8, 4) is 0 Å². The lowest BCUT2D eigenvalue weighted by Crippen LogP contribution is -2.43. The molecule has 0 amide bonds. The zero-order chi connectivity index (χ0) is 11.2. The standard InChI is InChI=1S/C10H21NO3/c1-5-13-6-7-14-9(12)8(11)10(2,3)4/h8H,5-7,11H2,1-4H3. The van der Waals surface area contributed by atoms with Gasteiger partial charge in [0.2, 0.25) is 0 Å². The van der Waals surface area contributed by atoms with Crippen molar-refractivity contribution >= 4 is 5.97 Å². The number of ether oxygens (including phenoxy) is 2. The first-order chi connectivity index (χ1) is 6.39. The first kappa shape index (κ1) is 13.4. The van der Waals surface area contributed by atoms with Crippen LogP contribution in [-0.4, -0.2) is 31.8 Å². The summed E-state index contributed by atoms with van der Waals surface area (Å²) in [5.74, 6) is -0.364. The molecule has 2 N–H and O–H groups in total. The van der Waals surface area contributed by atoms with Gasteiger partial charge in [0.25, 0.3) is 0 Å². The van der Waals surface area contributed by atoms with Gasteiger partial charge in [0.15, 0.2) is 0 Å². The fraction of sp³-hybridized carbons (Fsp3) is 0.900. The molecule has 0 aromatic heterocycles. The Morgan fingerprint density at radius 2 is 1.93 bits per heavy atom. The van der Waals surface area contributed by atoms with Crippen LogP contribution in [0.25, 0.3) is 0 Å². The van der Waals surface area contributed by atoms with Crippen LogP contribution < -0.4 is 5.73 Å². The molecule has 0 aromatic carbocycles. The molecule has 0 spiro atoms. The molecule has 4 nitrogen and oxygen atoms in total. The first-order valence-corrected chi connectivity index (χ1v) is 4.89. The Morgan fingerprint density at radius 3 is 2.36 bits per heavy atom. The summed E-state index contributed by atoms with van der Waals surface area (Å²) in [6, 6.07) is -0.580. The topological polar surface area (TPSA) is 61.5 Å². The smallest absolute Gasteiger partial charge is 0.323 e. The predicted octanol–water partition coefficient (Wildman–Crippen LogP) is 0.939. The summed E-state index contributed by atoms with van der Waals surface area (Å²) in [6.45, 7) is 8.94. The van der Waals surface area contributed by atoms with E-state index in [0.717, 1.165) is 0 Å². The fourth-order valence-corrected chi connectivity index (χ4v) is 0.789. The van der Waals surface area contributed by atoms with E-state index in [2.05, 4.69) is 0 Å². The van der Waals surface area contributed by atoms with Gasteiger partial charge in [0.05, 0.1) is 6.61 Å². The van der Waals surface area contributed by atoms with E-state index >= 15 is 0 Å². The Hall–Kier alpha value is -0.610. The van der Waals surface area contributed by atoms with Crippen LogP contribution in [0.2, 0.25) is 0 Å². The van der Waals surface area contributed by atoms with E-state index < -0.39 is 6.04 Å². The van der Waals surface area contributed by atoms with E-state index in [-0.39, 0.29) is 18.0 Å². The van der Waals surface area contributed by atoms with Gasteiger partial charge in [0.1, 0.15) is 12.6 Å². The molecule has 0 aliphatic rings. The third-order valence-electron chi connectivity index (χ3n) is 1.86. The zero-order valence-electron chi connectivity index (χ0n) is 9.50. The number of nitrogens with two attached hydrogens (primary N) is 1. The molecule has 0 bridgehead atoms. The summed E-state index contributed by atoms with van der Waals surface area (Å²) in [5.41, 5.74) is 5.43. The molecular formula is C10H21NO3. The third kappa shape index (κ3) is 5.19. The summed E-state index contributed by atoms with van der Waals surface area (Å²) >= 11 is 0. The normalized spacial score (nSPS) is 13.8. The van der Waals surface area contributed by atoms with Crippen molar-refractivity contribution < 1.29 is 14.3 Å². The maximum absolute atomic E-state index is 11.4. The Kier molecular flexibility index (Phi) is 5.72. The van der Waals surface area contributed by atoms with Crippen molar-refractivity contribution in [3.63, 3.8) is 0 Å². The maximum Gasteiger partial charge on any atom is 0.323 e. The number of carbonyl (C=O) groups is 1. The van der Waals surface area contributed by atoms with Gasteiger partial charge < -0.3 is 15.2 Å². The average molecular weight is 203 g/mol. The quantitative estimate of drug-likeness (QED) is 0.533. The Bertz CT molecular complexity index is 175. The molecule has 0 rings (SSSR count). The zero-order valence-corrected chi connectivity index (χ0v) is 9.50. The van der Waals surface area contributed by atoms with Crippen LogP contribution in [0.4, 0.5) is 0 Å². The third-order valence-corrected chi connectivity index (χ3v) is 1.86. The minimum absolute atomic E-state index is 0.261. The molecule has 0 fully saturated rings. The van der Waals surface area contributed by atoms with Crippen molar-refractivity contribution in [1.29, 1.82) is 0 Å². The second kappa shape index (κ2) is 5.98. The van der Waals surface area contributed by atoms with E-state index in [1.54, 1.807) is 0 Å². The number of esters is 1. The van der Waals surface area contributed by atoms with Crippen LogP contribution in [0.3, 0.4) is 0 Å². The summed E-state index contributed by atoms with van der Waals surface area (Å²) in [4.78, 5) is 11.4. The molecule has 84 valence electrons. The van der Waals surface area contributed by atoms with Crippen LogP contribution in [-0.2, 0) is 14.3 Å². The van der Waals surface area contributed by atoms with Gasteiger partial charge in [-0.15, -0.1) is 0 Å². The molecule has 0 aliphatic heterocycles. The van der Waals surface area contributed by atoms with Gasteiger partial charge in [-0.25, -0.2) is 0 Å². The van der Waals surface area contributed by atoms with Gasteiger partial charge in [-0.1, -0.05) is 20.8 Å². The lowest BCUT2D eigenvalue weighted by Gasteiger charge is -2.24. The van der Waals surface area contributed by atoms with Gasteiger partial charge in [0, 0.05) is 6.61 Å². The fourth-order valence-electron chi connectivity index (χ4n) is 0.789. The number of hydrogen-bond acceptors (Lipinski definition) is 4. The molecule has 0 aliphatic carbocycles.